The van der Waals surface area contributed by atoms with E-state index in [1.165, 1.54) is 0 Å². The van der Waals surface area contributed by atoms with Gasteiger partial charge in [-0.15, -0.1) is 0 Å². The zero-order valence-electron chi connectivity index (χ0n) is 13.1. The van der Waals surface area contributed by atoms with Gasteiger partial charge in [0.15, 0.2) is 0 Å². The zero-order chi connectivity index (χ0) is 14.8. The number of hydrogen-bond acceptors (Lipinski definition) is 2. The third-order valence-corrected chi connectivity index (χ3v) is 4.10. The van der Waals surface area contributed by atoms with Gasteiger partial charge < -0.3 is 10.2 Å². The second kappa shape index (κ2) is 6.23. The SMILES string of the molecule is CN(C)CC(C)(C)CNC1CC(c2ccccc2F)C1. The molecular formula is C17H27FN2. The minimum Gasteiger partial charge on any atom is -0.313 e. The molecule has 0 unspecified atom stereocenters. The smallest absolute Gasteiger partial charge is 0.126 e. The highest BCUT2D eigenvalue weighted by molar-refractivity contribution is 5.24. The lowest BCUT2D eigenvalue weighted by Gasteiger charge is -2.39. The average molecular weight is 278 g/mol. The van der Waals surface area contributed by atoms with Gasteiger partial charge in [0.25, 0.3) is 0 Å². The quantitative estimate of drug-likeness (QED) is 0.859. The van der Waals surface area contributed by atoms with Crippen molar-refractivity contribution in [1.29, 1.82) is 0 Å². The molecule has 0 spiro atoms. The van der Waals surface area contributed by atoms with Crippen LogP contribution in [-0.4, -0.2) is 38.1 Å². The summed E-state index contributed by atoms with van der Waals surface area (Å²) in [6.45, 7) is 6.66. The lowest BCUT2D eigenvalue weighted by molar-refractivity contribution is 0.199. The molecule has 1 aliphatic rings. The molecule has 2 nitrogen and oxygen atoms in total. The number of hydrogen-bond donors (Lipinski definition) is 1. The molecule has 1 saturated carbocycles. The molecule has 1 N–H and O–H groups in total. The maximum atomic E-state index is 13.7. The van der Waals surface area contributed by atoms with Crippen LogP contribution in [0.2, 0.25) is 0 Å². The third kappa shape index (κ3) is 4.03. The summed E-state index contributed by atoms with van der Waals surface area (Å²) >= 11 is 0. The molecule has 0 aliphatic heterocycles. The van der Waals surface area contributed by atoms with Crippen molar-refractivity contribution in [1.82, 2.24) is 10.2 Å². The van der Waals surface area contributed by atoms with Crippen molar-refractivity contribution in [3.63, 3.8) is 0 Å². The van der Waals surface area contributed by atoms with Crippen molar-refractivity contribution >= 4 is 0 Å². The molecule has 1 fully saturated rings. The van der Waals surface area contributed by atoms with E-state index >= 15 is 0 Å². The molecule has 0 radical (unpaired) electrons. The molecule has 3 heteroatoms. The van der Waals surface area contributed by atoms with Crippen molar-refractivity contribution in [2.45, 2.75) is 38.6 Å². The minimum atomic E-state index is -0.0520. The first-order valence-electron chi connectivity index (χ1n) is 7.50. The Morgan fingerprint density at radius 2 is 1.90 bits per heavy atom. The van der Waals surface area contributed by atoms with Crippen LogP contribution in [-0.2, 0) is 0 Å². The Labute approximate surface area is 122 Å². The molecule has 0 heterocycles. The third-order valence-electron chi connectivity index (χ3n) is 4.10. The van der Waals surface area contributed by atoms with Crippen LogP contribution in [0.25, 0.3) is 0 Å². The molecule has 0 atom stereocenters. The van der Waals surface area contributed by atoms with E-state index in [1.807, 2.05) is 12.1 Å². The Morgan fingerprint density at radius 1 is 1.25 bits per heavy atom. The van der Waals surface area contributed by atoms with Gasteiger partial charge in [0.1, 0.15) is 5.82 Å². The summed E-state index contributed by atoms with van der Waals surface area (Å²) in [5.41, 5.74) is 1.16. The van der Waals surface area contributed by atoms with E-state index in [0.717, 1.165) is 31.5 Å². The minimum absolute atomic E-state index is 0.0520. The maximum Gasteiger partial charge on any atom is 0.126 e. The lowest BCUT2D eigenvalue weighted by atomic mass is 9.75. The van der Waals surface area contributed by atoms with E-state index < -0.39 is 0 Å². The molecule has 0 saturated heterocycles. The molecule has 1 aromatic rings. The van der Waals surface area contributed by atoms with Crippen LogP contribution in [0, 0.1) is 11.2 Å². The first-order valence-corrected chi connectivity index (χ1v) is 7.50. The molecule has 20 heavy (non-hydrogen) atoms. The summed E-state index contributed by atoms with van der Waals surface area (Å²) in [5.74, 6) is 0.342. The fourth-order valence-electron chi connectivity index (χ4n) is 3.18. The highest BCUT2D eigenvalue weighted by Crippen LogP contribution is 2.38. The van der Waals surface area contributed by atoms with Crippen molar-refractivity contribution in [2.24, 2.45) is 5.41 Å². The Morgan fingerprint density at radius 3 is 2.50 bits per heavy atom. The van der Waals surface area contributed by atoms with E-state index in [1.54, 1.807) is 12.1 Å². The first kappa shape index (κ1) is 15.5. The van der Waals surface area contributed by atoms with Gasteiger partial charge in [-0.25, -0.2) is 4.39 Å². The number of benzene rings is 1. The second-order valence-electron chi connectivity index (χ2n) is 7.17. The fourth-order valence-corrected chi connectivity index (χ4v) is 3.18. The molecular weight excluding hydrogens is 251 g/mol. The normalized spacial score (nSPS) is 22.9. The van der Waals surface area contributed by atoms with Crippen LogP contribution >= 0.6 is 0 Å². The Bertz CT molecular complexity index is 436. The van der Waals surface area contributed by atoms with Crippen molar-refractivity contribution in [3.05, 3.63) is 35.6 Å². The zero-order valence-corrected chi connectivity index (χ0v) is 13.1. The van der Waals surface area contributed by atoms with Gasteiger partial charge in [0.05, 0.1) is 0 Å². The van der Waals surface area contributed by atoms with Crippen molar-refractivity contribution in [2.75, 3.05) is 27.2 Å². The van der Waals surface area contributed by atoms with E-state index in [4.69, 9.17) is 0 Å². The van der Waals surface area contributed by atoms with Crippen LogP contribution in [0.1, 0.15) is 38.2 Å². The molecule has 0 aromatic heterocycles. The largest absolute Gasteiger partial charge is 0.313 e. The predicted molar refractivity (Wildman–Crippen MR) is 82.5 cm³/mol. The van der Waals surface area contributed by atoms with Gasteiger partial charge in [-0.3, -0.25) is 0 Å². The summed E-state index contributed by atoms with van der Waals surface area (Å²) in [5, 5.41) is 3.63. The standard InChI is InChI=1S/C17H27FN2/c1-17(2,12-20(3)4)11-19-14-9-13(10-14)15-7-5-6-8-16(15)18/h5-8,13-14,19H,9-12H2,1-4H3. The molecule has 0 amide bonds. The Hall–Kier alpha value is -0.930. The van der Waals surface area contributed by atoms with Gasteiger partial charge in [0, 0.05) is 19.1 Å². The van der Waals surface area contributed by atoms with Crippen LogP contribution < -0.4 is 5.32 Å². The molecule has 1 aliphatic carbocycles. The van der Waals surface area contributed by atoms with Crippen LogP contribution in [0.3, 0.4) is 0 Å². The van der Waals surface area contributed by atoms with Crippen molar-refractivity contribution < 1.29 is 4.39 Å². The first-order chi connectivity index (χ1) is 9.37. The van der Waals surface area contributed by atoms with Gasteiger partial charge in [-0.05, 0) is 49.9 Å². The molecule has 2 rings (SSSR count). The Balaban J connectivity index is 1.76. The average Bonchev–Trinajstić information content (AvgIpc) is 2.27. The van der Waals surface area contributed by atoms with Crippen LogP contribution in [0.5, 0.6) is 0 Å². The number of nitrogens with zero attached hydrogens (tertiary/aromatic N) is 1. The summed E-state index contributed by atoms with van der Waals surface area (Å²) in [4.78, 5) is 2.23. The van der Waals surface area contributed by atoms with E-state index in [2.05, 4.69) is 38.2 Å². The maximum absolute atomic E-state index is 13.7. The molecule has 0 bridgehead atoms. The topological polar surface area (TPSA) is 15.3 Å². The predicted octanol–water partition coefficient (Wildman–Crippen LogP) is 3.25. The van der Waals surface area contributed by atoms with Crippen LogP contribution in [0.15, 0.2) is 24.3 Å². The summed E-state index contributed by atoms with van der Waals surface area (Å²) < 4.78 is 13.7. The summed E-state index contributed by atoms with van der Waals surface area (Å²) in [6, 6.07) is 7.72. The Kier molecular flexibility index (Phi) is 4.82. The number of halogens is 1. The highest BCUT2D eigenvalue weighted by atomic mass is 19.1. The summed E-state index contributed by atoms with van der Waals surface area (Å²) in [7, 11) is 4.22. The van der Waals surface area contributed by atoms with Crippen LogP contribution in [0.4, 0.5) is 4.39 Å². The number of rotatable bonds is 6. The highest BCUT2D eigenvalue weighted by Gasteiger charge is 2.32. The van der Waals surface area contributed by atoms with Crippen molar-refractivity contribution in [3.8, 4) is 0 Å². The second-order valence-corrected chi connectivity index (χ2v) is 7.17. The fraction of sp³-hybridized carbons (Fsp3) is 0.647. The van der Waals surface area contributed by atoms with E-state index in [-0.39, 0.29) is 11.2 Å². The lowest BCUT2D eigenvalue weighted by Crippen LogP contribution is -2.46. The number of nitrogens with one attached hydrogen (secondary N) is 1. The monoisotopic (exact) mass is 278 g/mol. The summed E-state index contributed by atoms with van der Waals surface area (Å²) in [6.07, 6.45) is 2.11. The van der Waals surface area contributed by atoms with Gasteiger partial charge in [0.2, 0.25) is 0 Å². The van der Waals surface area contributed by atoms with Gasteiger partial charge >= 0.3 is 0 Å². The van der Waals surface area contributed by atoms with Gasteiger partial charge in [-0.1, -0.05) is 32.0 Å². The van der Waals surface area contributed by atoms with Gasteiger partial charge in [-0.2, -0.15) is 0 Å². The van der Waals surface area contributed by atoms with E-state index in [9.17, 15) is 4.39 Å². The molecule has 112 valence electrons. The van der Waals surface area contributed by atoms with E-state index in [0.29, 0.717) is 12.0 Å². The molecule has 1 aromatic carbocycles.